The van der Waals surface area contributed by atoms with Crippen LogP contribution in [0.3, 0.4) is 0 Å². The molecule has 8 heteroatoms. The topological polar surface area (TPSA) is 112 Å². The van der Waals surface area contributed by atoms with Crippen LogP contribution in [0.15, 0.2) is 0 Å². The van der Waals surface area contributed by atoms with E-state index in [1.165, 1.54) is 6.92 Å². The van der Waals surface area contributed by atoms with Gasteiger partial charge >= 0.3 is 11.9 Å². The minimum atomic E-state index is -0.841. The second kappa shape index (κ2) is 7.48. The molecule has 3 aliphatic carbocycles. The molecule has 8 nitrogen and oxygen atoms in total. The van der Waals surface area contributed by atoms with Gasteiger partial charge in [-0.1, -0.05) is 0 Å². The lowest BCUT2D eigenvalue weighted by molar-refractivity contribution is -0.184. The summed E-state index contributed by atoms with van der Waals surface area (Å²) in [6, 6.07) is 0. The summed E-state index contributed by atoms with van der Waals surface area (Å²) in [7, 11) is 0. The SMILES string of the molecule is CC(=O)OC1C2CC(O)C(O)CC2C(C2CCC3OCOC3C2)C2C(=O)OCC12. The van der Waals surface area contributed by atoms with Gasteiger partial charge in [-0.25, -0.2) is 0 Å². The van der Waals surface area contributed by atoms with Crippen molar-refractivity contribution in [2.45, 2.75) is 69.5 Å². The Morgan fingerprint density at radius 3 is 2.48 bits per heavy atom. The number of aliphatic hydroxyl groups excluding tert-OH is 2. The number of hydrogen-bond acceptors (Lipinski definition) is 8. The number of ether oxygens (including phenoxy) is 4. The summed E-state index contributed by atoms with van der Waals surface area (Å²) in [5.74, 6) is -0.955. The molecule has 0 aromatic carbocycles. The summed E-state index contributed by atoms with van der Waals surface area (Å²) < 4.78 is 22.6. The number of carbonyl (C=O) groups excluding carboxylic acids is 2. The van der Waals surface area contributed by atoms with Crippen molar-refractivity contribution < 1.29 is 38.7 Å². The maximum atomic E-state index is 12.8. The van der Waals surface area contributed by atoms with Crippen LogP contribution in [0.25, 0.3) is 0 Å². The Kier molecular flexibility index (Phi) is 5.09. The average molecular weight is 410 g/mol. The van der Waals surface area contributed by atoms with Gasteiger partial charge in [-0.3, -0.25) is 9.59 Å². The van der Waals surface area contributed by atoms with Crippen LogP contribution in [0.4, 0.5) is 0 Å². The maximum Gasteiger partial charge on any atom is 0.309 e. The van der Waals surface area contributed by atoms with E-state index in [9.17, 15) is 19.8 Å². The van der Waals surface area contributed by atoms with E-state index in [2.05, 4.69) is 0 Å². The Morgan fingerprint density at radius 1 is 1.00 bits per heavy atom. The number of cyclic esters (lactones) is 1. The van der Waals surface area contributed by atoms with E-state index in [1.54, 1.807) is 0 Å². The van der Waals surface area contributed by atoms with Gasteiger partial charge in [-0.2, -0.15) is 0 Å². The maximum absolute atomic E-state index is 12.8. The molecule has 11 atom stereocenters. The summed E-state index contributed by atoms with van der Waals surface area (Å²) in [6.45, 7) is 1.95. The Morgan fingerprint density at radius 2 is 1.72 bits per heavy atom. The van der Waals surface area contributed by atoms with E-state index >= 15 is 0 Å². The lowest BCUT2D eigenvalue weighted by Crippen LogP contribution is -2.58. The molecule has 2 saturated heterocycles. The minimum absolute atomic E-state index is 0.00600. The van der Waals surface area contributed by atoms with Crippen LogP contribution in [-0.4, -0.2) is 66.1 Å². The molecule has 3 saturated carbocycles. The highest BCUT2D eigenvalue weighted by Crippen LogP contribution is 2.57. The predicted molar refractivity (Wildman–Crippen MR) is 97.2 cm³/mol. The summed E-state index contributed by atoms with van der Waals surface area (Å²) in [5, 5.41) is 20.8. The fraction of sp³-hybridized carbons (Fsp3) is 0.905. The Labute approximate surface area is 169 Å². The second-order valence-corrected chi connectivity index (χ2v) is 9.51. The van der Waals surface area contributed by atoms with Crippen LogP contribution >= 0.6 is 0 Å². The van der Waals surface area contributed by atoms with Crippen molar-refractivity contribution in [1.29, 1.82) is 0 Å². The third-order valence-electron chi connectivity index (χ3n) is 8.11. The highest BCUT2D eigenvalue weighted by molar-refractivity contribution is 5.76. The highest BCUT2D eigenvalue weighted by Gasteiger charge is 2.62. The van der Waals surface area contributed by atoms with Gasteiger partial charge in [0.15, 0.2) is 0 Å². The number of hydrogen-bond donors (Lipinski definition) is 2. The first-order valence-corrected chi connectivity index (χ1v) is 10.9. The monoisotopic (exact) mass is 410 g/mol. The van der Waals surface area contributed by atoms with Gasteiger partial charge in [-0.15, -0.1) is 0 Å². The third-order valence-corrected chi connectivity index (χ3v) is 8.11. The Bertz CT molecular complexity index is 667. The van der Waals surface area contributed by atoms with E-state index in [-0.39, 0.29) is 66.3 Å². The molecule has 0 amide bonds. The molecule has 0 spiro atoms. The summed E-state index contributed by atoms with van der Waals surface area (Å²) in [6.07, 6.45) is 1.49. The fourth-order valence-electron chi connectivity index (χ4n) is 6.99. The number of rotatable bonds is 2. The summed E-state index contributed by atoms with van der Waals surface area (Å²) >= 11 is 0. The van der Waals surface area contributed by atoms with Crippen molar-refractivity contribution in [3.63, 3.8) is 0 Å². The van der Waals surface area contributed by atoms with Crippen molar-refractivity contribution in [3.8, 4) is 0 Å². The normalized spacial score (nSPS) is 51.6. The molecule has 2 aliphatic heterocycles. The van der Waals surface area contributed by atoms with Gasteiger partial charge in [0.1, 0.15) is 12.9 Å². The molecule has 0 radical (unpaired) electrons. The lowest BCUT2D eigenvalue weighted by atomic mass is 9.52. The number of fused-ring (bicyclic) bond motifs is 3. The molecular formula is C21H30O8. The largest absolute Gasteiger partial charge is 0.465 e. The van der Waals surface area contributed by atoms with E-state index < -0.39 is 18.3 Å². The molecule has 5 rings (SSSR count). The first kappa shape index (κ1) is 19.7. The van der Waals surface area contributed by atoms with Crippen molar-refractivity contribution in [1.82, 2.24) is 0 Å². The van der Waals surface area contributed by atoms with Gasteiger partial charge in [0.05, 0.1) is 36.9 Å². The lowest BCUT2D eigenvalue weighted by Gasteiger charge is -2.54. The zero-order valence-corrected chi connectivity index (χ0v) is 16.6. The quantitative estimate of drug-likeness (QED) is 0.638. The highest BCUT2D eigenvalue weighted by atomic mass is 16.7. The van der Waals surface area contributed by atoms with Crippen LogP contribution in [0.2, 0.25) is 0 Å². The summed E-state index contributed by atoms with van der Waals surface area (Å²) in [5.41, 5.74) is 0. The van der Waals surface area contributed by atoms with Crippen LogP contribution < -0.4 is 0 Å². The molecule has 0 aromatic rings. The standard InChI is InChI=1S/C21H30O8/c1-9(22)29-20-12-6-15(24)14(23)5-11(12)18(19-13(20)7-26-21(19)25)10-2-3-16-17(4-10)28-8-27-16/h10-20,23-24H,2-8H2,1H3. The molecule has 29 heavy (non-hydrogen) atoms. The molecule has 2 N–H and O–H groups in total. The smallest absolute Gasteiger partial charge is 0.309 e. The van der Waals surface area contributed by atoms with E-state index in [4.69, 9.17) is 18.9 Å². The molecule has 5 fully saturated rings. The van der Waals surface area contributed by atoms with Gasteiger partial charge in [0.2, 0.25) is 0 Å². The van der Waals surface area contributed by atoms with Gasteiger partial charge < -0.3 is 29.2 Å². The van der Waals surface area contributed by atoms with Crippen molar-refractivity contribution in [2.75, 3.05) is 13.4 Å². The van der Waals surface area contributed by atoms with Crippen LogP contribution in [0.5, 0.6) is 0 Å². The number of esters is 2. The fourth-order valence-corrected chi connectivity index (χ4v) is 6.99. The molecule has 0 aromatic heterocycles. The van der Waals surface area contributed by atoms with Crippen molar-refractivity contribution in [2.24, 2.45) is 35.5 Å². The van der Waals surface area contributed by atoms with Gasteiger partial charge in [0.25, 0.3) is 0 Å². The number of aliphatic hydroxyl groups is 2. The Hall–Kier alpha value is -1.22. The second-order valence-electron chi connectivity index (χ2n) is 9.51. The van der Waals surface area contributed by atoms with Crippen LogP contribution in [0.1, 0.15) is 39.0 Å². The molecule has 162 valence electrons. The molecule has 0 bridgehead atoms. The summed E-state index contributed by atoms with van der Waals surface area (Å²) in [4.78, 5) is 24.6. The van der Waals surface area contributed by atoms with E-state index in [1.807, 2.05) is 0 Å². The molecule has 2 heterocycles. The first-order valence-electron chi connectivity index (χ1n) is 10.9. The first-order chi connectivity index (χ1) is 13.9. The molecule has 11 unspecified atom stereocenters. The zero-order valence-electron chi connectivity index (χ0n) is 16.6. The predicted octanol–water partition coefficient (Wildman–Crippen LogP) is 0.627. The zero-order chi connectivity index (χ0) is 20.3. The van der Waals surface area contributed by atoms with Crippen molar-refractivity contribution >= 4 is 11.9 Å². The Balaban J connectivity index is 1.49. The number of carbonyl (C=O) groups is 2. The average Bonchev–Trinajstić information content (AvgIpc) is 3.29. The van der Waals surface area contributed by atoms with E-state index in [0.29, 0.717) is 19.6 Å². The van der Waals surface area contributed by atoms with Crippen LogP contribution in [-0.2, 0) is 28.5 Å². The molecular weight excluding hydrogens is 380 g/mol. The minimum Gasteiger partial charge on any atom is -0.465 e. The van der Waals surface area contributed by atoms with E-state index in [0.717, 1.165) is 19.3 Å². The van der Waals surface area contributed by atoms with Gasteiger partial charge in [0, 0.05) is 18.8 Å². The van der Waals surface area contributed by atoms with Crippen LogP contribution in [0, 0.1) is 35.5 Å². The van der Waals surface area contributed by atoms with Crippen molar-refractivity contribution in [3.05, 3.63) is 0 Å². The van der Waals surface area contributed by atoms with Gasteiger partial charge in [-0.05, 0) is 49.9 Å². The third kappa shape index (κ3) is 3.28. The molecule has 5 aliphatic rings.